The van der Waals surface area contributed by atoms with Gasteiger partial charge in [0.2, 0.25) is 0 Å². The Bertz CT molecular complexity index is 636. The third-order valence-electron chi connectivity index (χ3n) is 5.40. The number of H-pyrrole nitrogens is 1. The average Bonchev–Trinajstić information content (AvgIpc) is 3.20. The van der Waals surface area contributed by atoms with E-state index in [1.165, 1.54) is 49.8 Å². The highest BCUT2D eigenvalue weighted by Gasteiger charge is 2.52. The Kier molecular flexibility index (Phi) is 2.81. The monoisotopic (exact) mass is 289 g/mol. The number of alkyl halides is 1. The Morgan fingerprint density at radius 3 is 2.50 bits per heavy atom. The zero-order valence-electron chi connectivity index (χ0n) is 11.8. The Balaban J connectivity index is 1.73. The van der Waals surface area contributed by atoms with Crippen LogP contribution in [-0.4, -0.2) is 20.3 Å². The van der Waals surface area contributed by atoms with E-state index in [9.17, 15) is 0 Å². The molecular formula is C16H20ClN3. The molecule has 0 aromatic carbocycles. The van der Waals surface area contributed by atoms with Crippen LogP contribution in [0.3, 0.4) is 0 Å². The maximum Gasteiger partial charge on any atom is 0.156 e. The van der Waals surface area contributed by atoms with Gasteiger partial charge in [-0.2, -0.15) is 0 Å². The minimum Gasteiger partial charge on any atom is -0.341 e. The van der Waals surface area contributed by atoms with Gasteiger partial charge < -0.3 is 4.98 Å². The van der Waals surface area contributed by atoms with E-state index in [2.05, 4.69) is 21.9 Å². The van der Waals surface area contributed by atoms with Crippen LogP contribution in [0.25, 0.3) is 11.2 Å². The Hall–Kier alpha value is -1.09. The van der Waals surface area contributed by atoms with E-state index in [0.717, 1.165) is 17.1 Å². The molecule has 4 heteroatoms. The molecule has 0 unspecified atom stereocenters. The van der Waals surface area contributed by atoms with Crippen LogP contribution in [0.15, 0.2) is 12.4 Å². The number of aromatic amines is 1. The molecule has 0 spiro atoms. The lowest BCUT2D eigenvalue weighted by Gasteiger charge is -2.32. The molecule has 0 aliphatic heterocycles. The molecule has 0 amide bonds. The molecule has 0 bridgehead atoms. The first kappa shape index (κ1) is 12.6. The first-order valence-electron chi connectivity index (χ1n) is 7.64. The number of nitrogens with one attached hydrogen (secondary N) is 1. The minimum atomic E-state index is 0.365. The molecular weight excluding hydrogens is 270 g/mol. The van der Waals surface area contributed by atoms with Crippen LogP contribution in [0.4, 0.5) is 0 Å². The zero-order chi connectivity index (χ0) is 13.7. The van der Waals surface area contributed by atoms with Gasteiger partial charge in [0.25, 0.3) is 0 Å². The number of aromatic nitrogens is 3. The number of aryl methyl sites for hydroxylation is 1. The first-order valence-corrected chi connectivity index (χ1v) is 8.08. The third kappa shape index (κ3) is 1.79. The molecule has 2 aliphatic carbocycles. The van der Waals surface area contributed by atoms with Gasteiger partial charge in [0, 0.05) is 28.9 Å². The molecule has 2 aromatic rings. The van der Waals surface area contributed by atoms with E-state index in [0.29, 0.717) is 10.8 Å². The van der Waals surface area contributed by atoms with Crippen molar-refractivity contribution < 1.29 is 0 Å². The predicted octanol–water partition coefficient (Wildman–Crippen LogP) is 4.10. The highest BCUT2D eigenvalue weighted by atomic mass is 35.5. The van der Waals surface area contributed by atoms with Crippen molar-refractivity contribution in [2.45, 2.75) is 56.2 Å². The quantitative estimate of drug-likeness (QED) is 0.846. The van der Waals surface area contributed by atoms with Crippen molar-refractivity contribution in [3.63, 3.8) is 0 Å². The topological polar surface area (TPSA) is 41.6 Å². The van der Waals surface area contributed by atoms with Gasteiger partial charge in [-0.05, 0) is 56.9 Å². The van der Waals surface area contributed by atoms with Gasteiger partial charge in [-0.25, -0.2) is 4.98 Å². The SMILES string of the molecule is Cc1c(C2(C3CCC(Cl)CC3)CC2)[nH]c2nccnc12. The first-order chi connectivity index (χ1) is 9.71. The zero-order valence-corrected chi connectivity index (χ0v) is 12.6. The molecule has 0 atom stereocenters. The van der Waals surface area contributed by atoms with Gasteiger partial charge in [0.15, 0.2) is 5.65 Å². The van der Waals surface area contributed by atoms with Gasteiger partial charge in [-0.3, -0.25) is 4.98 Å². The summed E-state index contributed by atoms with van der Waals surface area (Å²) in [5, 5.41) is 0.397. The Morgan fingerprint density at radius 2 is 1.85 bits per heavy atom. The smallest absolute Gasteiger partial charge is 0.156 e. The second-order valence-electron chi connectivity index (χ2n) is 6.48. The molecule has 0 saturated heterocycles. The average molecular weight is 290 g/mol. The molecule has 2 aliphatic rings. The molecule has 3 nitrogen and oxygen atoms in total. The third-order valence-corrected chi connectivity index (χ3v) is 5.83. The molecule has 2 heterocycles. The van der Waals surface area contributed by atoms with Gasteiger partial charge in [-0.1, -0.05) is 0 Å². The fraction of sp³-hybridized carbons (Fsp3) is 0.625. The van der Waals surface area contributed by atoms with Crippen LogP contribution in [0.2, 0.25) is 0 Å². The van der Waals surface area contributed by atoms with Crippen LogP contribution < -0.4 is 0 Å². The van der Waals surface area contributed by atoms with Crippen molar-refractivity contribution >= 4 is 22.8 Å². The van der Waals surface area contributed by atoms with E-state index >= 15 is 0 Å². The van der Waals surface area contributed by atoms with E-state index in [4.69, 9.17) is 11.6 Å². The van der Waals surface area contributed by atoms with Gasteiger partial charge in [0.05, 0.1) is 0 Å². The number of hydrogen-bond donors (Lipinski definition) is 1. The summed E-state index contributed by atoms with van der Waals surface area (Å²) in [4.78, 5) is 12.5. The van der Waals surface area contributed by atoms with Crippen molar-refractivity contribution in [1.82, 2.24) is 15.0 Å². The van der Waals surface area contributed by atoms with E-state index < -0.39 is 0 Å². The number of halogens is 1. The second-order valence-corrected chi connectivity index (χ2v) is 7.10. The lowest BCUT2D eigenvalue weighted by Crippen LogP contribution is -2.27. The maximum atomic E-state index is 6.27. The highest BCUT2D eigenvalue weighted by Crippen LogP contribution is 2.58. The van der Waals surface area contributed by atoms with Crippen LogP contribution in [-0.2, 0) is 5.41 Å². The molecule has 106 valence electrons. The number of fused-ring (bicyclic) bond motifs is 1. The van der Waals surface area contributed by atoms with Gasteiger partial charge in [0.1, 0.15) is 5.52 Å². The maximum absolute atomic E-state index is 6.27. The van der Waals surface area contributed by atoms with E-state index in [-0.39, 0.29) is 0 Å². The predicted molar refractivity (Wildman–Crippen MR) is 81.1 cm³/mol. The van der Waals surface area contributed by atoms with Crippen molar-refractivity contribution in [3.05, 3.63) is 23.7 Å². The molecule has 2 fully saturated rings. The molecule has 20 heavy (non-hydrogen) atoms. The summed E-state index contributed by atoms with van der Waals surface area (Å²) in [5.41, 5.74) is 5.05. The number of hydrogen-bond acceptors (Lipinski definition) is 2. The van der Waals surface area contributed by atoms with Crippen molar-refractivity contribution in [2.24, 2.45) is 5.92 Å². The summed E-state index contributed by atoms with van der Waals surface area (Å²) in [6.07, 6.45) is 11.0. The van der Waals surface area contributed by atoms with Crippen LogP contribution in [0.5, 0.6) is 0 Å². The number of rotatable bonds is 2. The molecule has 2 aromatic heterocycles. The fourth-order valence-corrected chi connectivity index (χ4v) is 4.39. The summed E-state index contributed by atoms with van der Waals surface area (Å²) >= 11 is 6.27. The van der Waals surface area contributed by atoms with Crippen LogP contribution in [0.1, 0.15) is 49.8 Å². The molecule has 0 radical (unpaired) electrons. The highest BCUT2D eigenvalue weighted by molar-refractivity contribution is 6.20. The second kappa shape index (κ2) is 4.45. The van der Waals surface area contributed by atoms with Crippen molar-refractivity contribution in [2.75, 3.05) is 0 Å². The molecule has 4 rings (SSSR count). The summed E-state index contributed by atoms with van der Waals surface area (Å²) in [5.74, 6) is 0.782. The lowest BCUT2D eigenvalue weighted by molar-refractivity contribution is 0.288. The largest absolute Gasteiger partial charge is 0.341 e. The fourth-order valence-electron chi connectivity index (χ4n) is 4.13. The van der Waals surface area contributed by atoms with Crippen molar-refractivity contribution in [1.29, 1.82) is 0 Å². The normalized spacial score (nSPS) is 28.7. The van der Waals surface area contributed by atoms with Crippen LogP contribution in [0, 0.1) is 12.8 Å². The molecule has 1 N–H and O–H groups in total. The van der Waals surface area contributed by atoms with Gasteiger partial charge in [-0.15, -0.1) is 11.6 Å². The van der Waals surface area contributed by atoms with E-state index in [1.807, 2.05) is 0 Å². The standard InChI is InChI=1S/C16H20ClN3/c1-10-13-15(19-9-8-18-13)20-14(10)16(6-7-16)11-2-4-12(17)5-3-11/h8-9,11-12H,2-7H2,1H3,(H,19,20). The number of nitrogens with zero attached hydrogens (tertiary/aromatic N) is 2. The Morgan fingerprint density at radius 1 is 1.15 bits per heavy atom. The van der Waals surface area contributed by atoms with Crippen molar-refractivity contribution in [3.8, 4) is 0 Å². The summed E-state index contributed by atoms with van der Waals surface area (Å²) in [6.45, 7) is 2.19. The summed E-state index contributed by atoms with van der Waals surface area (Å²) in [6, 6.07) is 0. The van der Waals surface area contributed by atoms with Gasteiger partial charge >= 0.3 is 0 Å². The molecule has 2 saturated carbocycles. The van der Waals surface area contributed by atoms with E-state index in [1.54, 1.807) is 12.4 Å². The lowest BCUT2D eigenvalue weighted by atomic mass is 9.75. The summed E-state index contributed by atoms with van der Waals surface area (Å²) < 4.78 is 0. The minimum absolute atomic E-state index is 0.365. The Labute approximate surface area is 124 Å². The summed E-state index contributed by atoms with van der Waals surface area (Å²) in [7, 11) is 0. The van der Waals surface area contributed by atoms with Crippen LogP contribution >= 0.6 is 11.6 Å².